The predicted molar refractivity (Wildman–Crippen MR) is 129 cm³/mol. The highest BCUT2D eigenvalue weighted by atomic mass is 35.5. The Morgan fingerprint density at radius 3 is 2.50 bits per heavy atom. The van der Waals surface area contributed by atoms with E-state index in [0.29, 0.717) is 16.1 Å². The zero-order valence-electron chi connectivity index (χ0n) is 18.2. The molecular weight excluding hydrogens is 478 g/mol. The van der Waals surface area contributed by atoms with E-state index in [1.165, 1.54) is 29.8 Å². The molecule has 1 heterocycles. The first-order valence-corrected chi connectivity index (χ1v) is 12.3. The van der Waals surface area contributed by atoms with E-state index in [9.17, 15) is 18.0 Å². The lowest BCUT2D eigenvalue weighted by Gasteiger charge is -2.19. The van der Waals surface area contributed by atoms with Crippen molar-refractivity contribution >= 4 is 38.6 Å². The van der Waals surface area contributed by atoms with E-state index in [-0.39, 0.29) is 23.4 Å². The SMILES string of the molecule is Cn1c(=O)oc2cc(S(=O)(=O)N[C@@H](Cc3ccccc3)C(=O)NCc3ccccc3Cl)ccc21. The van der Waals surface area contributed by atoms with Crippen LogP contribution in [0.4, 0.5) is 0 Å². The molecule has 8 nitrogen and oxygen atoms in total. The van der Waals surface area contributed by atoms with Gasteiger partial charge in [-0.1, -0.05) is 60.1 Å². The molecule has 1 amide bonds. The molecule has 0 saturated carbocycles. The molecule has 1 atom stereocenters. The molecule has 10 heteroatoms. The number of oxazole rings is 1. The van der Waals surface area contributed by atoms with Gasteiger partial charge in [0.2, 0.25) is 15.9 Å². The Morgan fingerprint density at radius 2 is 1.76 bits per heavy atom. The quantitative estimate of drug-likeness (QED) is 0.387. The van der Waals surface area contributed by atoms with Gasteiger partial charge in [0, 0.05) is 24.7 Å². The lowest BCUT2D eigenvalue weighted by atomic mass is 10.1. The maximum Gasteiger partial charge on any atom is 0.419 e. The summed E-state index contributed by atoms with van der Waals surface area (Å²) in [6, 6.07) is 19.2. The number of rotatable bonds is 8. The van der Waals surface area contributed by atoms with Gasteiger partial charge in [-0.15, -0.1) is 0 Å². The van der Waals surface area contributed by atoms with E-state index in [2.05, 4.69) is 10.0 Å². The van der Waals surface area contributed by atoms with Gasteiger partial charge in [-0.25, -0.2) is 13.2 Å². The first-order valence-electron chi connectivity index (χ1n) is 10.4. The Kier molecular flexibility index (Phi) is 6.87. The van der Waals surface area contributed by atoms with E-state index in [4.69, 9.17) is 16.0 Å². The molecule has 0 aliphatic rings. The van der Waals surface area contributed by atoms with E-state index in [1.54, 1.807) is 24.3 Å². The Balaban J connectivity index is 1.59. The van der Waals surface area contributed by atoms with Gasteiger partial charge in [-0.3, -0.25) is 9.36 Å². The van der Waals surface area contributed by atoms with Crippen LogP contribution in [0.2, 0.25) is 5.02 Å². The number of sulfonamides is 1. The summed E-state index contributed by atoms with van der Waals surface area (Å²) in [5.41, 5.74) is 2.09. The molecule has 0 saturated heterocycles. The Morgan fingerprint density at radius 1 is 1.06 bits per heavy atom. The molecule has 2 N–H and O–H groups in total. The number of nitrogens with zero attached hydrogens (tertiary/aromatic N) is 1. The van der Waals surface area contributed by atoms with Crippen molar-refractivity contribution < 1.29 is 17.6 Å². The van der Waals surface area contributed by atoms with Crippen molar-refractivity contribution in [2.75, 3.05) is 0 Å². The largest absolute Gasteiger partial charge is 0.419 e. The zero-order chi connectivity index (χ0) is 24.3. The van der Waals surface area contributed by atoms with Gasteiger partial charge in [-0.2, -0.15) is 4.72 Å². The van der Waals surface area contributed by atoms with Gasteiger partial charge < -0.3 is 9.73 Å². The fourth-order valence-corrected chi connectivity index (χ4v) is 4.93. The maximum atomic E-state index is 13.2. The molecule has 3 aromatic carbocycles. The van der Waals surface area contributed by atoms with Crippen molar-refractivity contribution in [1.29, 1.82) is 0 Å². The zero-order valence-corrected chi connectivity index (χ0v) is 19.8. The Hall–Kier alpha value is -3.40. The van der Waals surface area contributed by atoms with E-state index >= 15 is 0 Å². The highest BCUT2D eigenvalue weighted by Gasteiger charge is 2.27. The molecule has 0 spiro atoms. The van der Waals surface area contributed by atoms with Crippen LogP contribution in [0.1, 0.15) is 11.1 Å². The maximum absolute atomic E-state index is 13.2. The molecule has 0 bridgehead atoms. The molecule has 4 rings (SSSR count). The molecule has 4 aromatic rings. The second kappa shape index (κ2) is 9.84. The van der Waals surface area contributed by atoms with Crippen LogP contribution in [0.15, 0.2) is 86.9 Å². The van der Waals surface area contributed by atoms with Crippen LogP contribution in [0.5, 0.6) is 0 Å². The van der Waals surface area contributed by atoms with Crippen LogP contribution < -0.4 is 15.8 Å². The third-order valence-corrected chi connectivity index (χ3v) is 7.22. The van der Waals surface area contributed by atoms with Crippen molar-refractivity contribution in [3.8, 4) is 0 Å². The van der Waals surface area contributed by atoms with Crippen LogP contribution in [0.25, 0.3) is 11.1 Å². The fraction of sp³-hybridized carbons (Fsp3) is 0.167. The third kappa shape index (κ3) is 5.22. The molecule has 0 radical (unpaired) electrons. The van der Waals surface area contributed by atoms with Gasteiger partial charge >= 0.3 is 5.76 Å². The van der Waals surface area contributed by atoms with Gasteiger partial charge in [0.05, 0.1) is 10.4 Å². The number of hydrogen-bond acceptors (Lipinski definition) is 5. The average Bonchev–Trinajstić information content (AvgIpc) is 3.11. The van der Waals surface area contributed by atoms with Crippen LogP contribution in [0.3, 0.4) is 0 Å². The van der Waals surface area contributed by atoms with Crippen molar-refractivity contribution in [2.45, 2.75) is 23.9 Å². The number of hydrogen-bond donors (Lipinski definition) is 2. The summed E-state index contributed by atoms with van der Waals surface area (Å²) in [4.78, 5) is 24.7. The van der Waals surface area contributed by atoms with Crippen LogP contribution in [-0.2, 0) is 34.8 Å². The minimum Gasteiger partial charge on any atom is -0.408 e. The molecule has 0 fully saturated rings. The number of amides is 1. The number of nitrogens with one attached hydrogen (secondary N) is 2. The summed E-state index contributed by atoms with van der Waals surface area (Å²) < 4.78 is 35.2. The molecule has 0 aliphatic carbocycles. The lowest BCUT2D eigenvalue weighted by molar-refractivity contribution is -0.122. The van der Waals surface area contributed by atoms with Crippen LogP contribution in [-0.4, -0.2) is 24.9 Å². The molecule has 0 unspecified atom stereocenters. The number of aryl methyl sites for hydroxylation is 1. The predicted octanol–water partition coefficient (Wildman–Crippen LogP) is 2.99. The monoisotopic (exact) mass is 499 g/mol. The van der Waals surface area contributed by atoms with Gasteiger partial charge in [0.25, 0.3) is 0 Å². The summed E-state index contributed by atoms with van der Waals surface area (Å²) in [6.07, 6.45) is 0.136. The summed E-state index contributed by atoms with van der Waals surface area (Å²) >= 11 is 6.17. The second-order valence-electron chi connectivity index (χ2n) is 7.73. The standard InChI is InChI=1S/C24H22ClN3O5S/c1-28-21-12-11-18(14-22(21)33-24(28)30)34(31,32)27-20(13-16-7-3-2-4-8-16)23(29)26-15-17-9-5-6-10-19(17)25/h2-12,14,20,27H,13,15H2,1H3,(H,26,29)/t20-/m0/s1. The highest BCUT2D eigenvalue weighted by Crippen LogP contribution is 2.19. The van der Waals surface area contributed by atoms with Gasteiger partial charge in [-0.05, 0) is 35.7 Å². The normalized spacial score (nSPS) is 12.5. The number of fused-ring (bicyclic) bond motifs is 1. The number of halogens is 1. The van der Waals surface area contributed by atoms with Crippen molar-refractivity contribution in [3.63, 3.8) is 0 Å². The molecular formula is C24H22ClN3O5S. The fourth-order valence-electron chi connectivity index (χ4n) is 3.52. The summed E-state index contributed by atoms with van der Waals surface area (Å²) in [6.45, 7) is 0.145. The first kappa shape index (κ1) is 23.7. The summed E-state index contributed by atoms with van der Waals surface area (Å²) in [5, 5.41) is 3.26. The molecule has 0 aliphatic heterocycles. The molecule has 1 aromatic heterocycles. The summed E-state index contributed by atoms with van der Waals surface area (Å²) in [7, 11) is -2.59. The highest BCUT2D eigenvalue weighted by molar-refractivity contribution is 7.89. The molecule has 34 heavy (non-hydrogen) atoms. The first-order chi connectivity index (χ1) is 16.2. The average molecular weight is 500 g/mol. The van der Waals surface area contributed by atoms with Crippen LogP contribution in [0, 0.1) is 0 Å². The van der Waals surface area contributed by atoms with E-state index in [1.807, 2.05) is 30.3 Å². The van der Waals surface area contributed by atoms with Crippen molar-refractivity contribution in [2.24, 2.45) is 7.05 Å². The topological polar surface area (TPSA) is 110 Å². The molecule has 176 valence electrons. The van der Waals surface area contributed by atoms with Gasteiger partial charge in [0.1, 0.15) is 6.04 Å². The second-order valence-corrected chi connectivity index (χ2v) is 9.85. The van der Waals surface area contributed by atoms with Crippen molar-refractivity contribution in [1.82, 2.24) is 14.6 Å². The van der Waals surface area contributed by atoms with Gasteiger partial charge in [0.15, 0.2) is 5.58 Å². The number of benzene rings is 3. The number of carbonyl (C=O) groups excluding carboxylic acids is 1. The van der Waals surface area contributed by atoms with E-state index < -0.39 is 27.7 Å². The van der Waals surface area contributed by atoms with Crippen molar-refractivity contribution in [3.05, 3.63) is 99.5 Å². The Labute approximate surface area is 201 Å². The summed E-state index contributed by atoms with van der Waals surface area (Å²) in [5.74, 6) is -1.10. The number of aromatic nitrogens is 1. The minimum atomic E-state index is -4.12. The van der Waals surface area contributed by atoms with Crippen LogP contribution >= 0.6 is 11.6 Å². The smallest absolute Gasteiger partial charge is 0.408 e. The Bertz CT molecular complexity index is 1500. The lowest BCUT2D eigenvalue weighted by Crippen LogP contribution is -2.47. The third-order valence-electron chi connectivity index (χ3n) is 5.38. The number of carbonyl (C=O) groups is 1. The van der Waals surface area contributed by atoms with E-state index in [0.717, 1.165) is 5.56 Å². The minimum absolute atomic E-state index is 0.119.